The number of aromatic nitrogens is 1. The van der Waals surface area contributed by atoms with Crippen LogP contribution in [0.5, 0.6) is 10.9 Å². The average molecular weight is 426 g/mol. The number of nitrogens with one attached hydrogen (secondary N) is 1. The van der Waals surface area contributed by atoms with E-state index in [1.54, 1.807) is 13.0 Å². The molecule has 7 heteroatoms. The van der Waals surface area contributed by atoms with Crippen LogP contribution in [0.15, 0.2) is 42.5 Å². The first-order valence-corrected chi connectivity index (χ1v) is 11.2. The highest BCUT2D eigenvalue weighted by molar-refractivity contribution is 7.20. The zero-order valence-corrected chi connectivity index (χ0v) is 17.6. The lowest BCUT2D eigenvalue weighted by Gasteiger charge is -2.39. The summed E-state index contributed by atoms with van der Waals surface area (Å²) in [5.41, 5.74) is 1.60. The summed E-state index contributed by atoms with van der Waals surface area (Å²) in [4.78, 5) is 18.2. The van der Waals surface area contributed by atoms with Crippen molar-refractivity contribution in [2.75, 3.05) is 0 Å². The molecule has 156 valence electrons. The van der Waals surface area contributed by atoms with Crippen LogP contribution in [0.3, 0.4) is 0 Å². The summed E-state index contributed by atoms with van der Waals surface area (Å²) in [6.07, 6.45) is 4.48. The van der Waals surface area contributed by atoms with Crippen LogP contribution in [0, 0.1) is 5.82 Å². The highest BCUT2D eigenvalue weighted by Crippen LogP contribution is 2.37. The Bertz CT molecular complexity index is 1050. The number of hydrogen-bond donors (Lipinski definition) is 1. The largest absolute Gasteiger partial charge is 0.431 e. The van der Waals surface area contributed by atoms with Gasteiger partial charge >= 0.3 is 0 Å². The Morgan fingerprint density at radius 3 is 2.60 bits per heavy atom. The highest BCUT2D eigenvalue weighted by atomic mass is 32.1. The summed E-state index contributed by atoms with van der Waals surface area (Å²) in [5.74, 6) is 0.440. The van der Waals surface area contributed by atoms with Gasteiger partial charge in [-0.05, 0) is 55.5 Å². The molecule has 0 spiro atoms. The number of carbonyl (C=O) groups excluding carboxylic acids is 1. The van der Waals surface area contributed by atoms with Crippen LogP contribution in [-0.4, -0.2) is 33.9 Å². The van der Waals surface area contributed by atoms with Gasteiger partial charge in [-0.25, -0.2) is 4.39 Å². The molecule has 0 radical (unpaired) electrons. The Morgan fingerprint density at radius 2 is 1.93 bits per heavy atom. The lowest BCUT2D eigenvalue weighted by atomic mass is 9.96. The van der Waals surface area contributed by atoms with E-state index in [1.165, 1.54) is 35.8 Å². The van der Waals surface area contributed by atoms with E-state index in [0.717, 1.165) is 24.1 Å². The van der Waals surface area contributed by atoms with Crippen LogP contribution in [0.4, 0.5) is 4.39 Å². The van der Waals surface area contributed by atoms with E-state index in [-0.39, 0.29) is 11.7 Å². The molecular formula is C23H24FN3O2S. The fourth-order valence-corrected chi connectivity index (χ4v) is 5.70. The first-order valence-electron chi connectivity index (χ1n) is 10.4. The molecule has 1 aromatic heterocycles. The second kappa shape index (κ2) is 7.96. The SMILES string of the molecule is CC(=O)NC1C[C@H]2CC[C@H](C1)N2Cc1ccc(Oc2nc3c(F)cccc3s2)cc1. The van der Waals surface area contributed by atoms with Crippen LogP contribution in [0.25, 0.3) is 10.2 Å². The average Bonchev–Trinajstić information content (AvgIpc) is 3.21. The van der Waals surface area contributed by atoms with Gasteiger partial charge in [0.2, 0.25) is 5.91 Å². The molecule has 2 bridgehead atoms. The molecule has 2 aliphatic rings. The van der Waals surface area contributed by atoms with Crippen molar-refractivity contribution >= 4 is 27.5 Å². The molecule has 30 heavy (non-hydrogen) atoms. The van der Waals surface area contributed by atoms with Crippen LogP contribution in [-0.2, 0) is 11.3 Å². The third-order valence-electron chi connectivity index (χ3n) is 6.14. The zero-order valence-electron chi connectivity index (χ0n) is 16.8. The molecule has 1 amide bonds. The van der Waals surface area contributed by atoms with Gasteiger partial charge in [-0.3, -0.25) is 9.69 Å². The minimum atomic E-state index is -0.328. The molecule has 2 aliphatic heterocycles. The number of para-hydroxylation sites is 1. The Kier molecular flexibility index (Phi) is 5.16. The molecule has 2 fully saturated rings. The summed E-state index contributed by atoms with van der Waals surface area (Å²) in [6.45, 7) is 2.51. The van der Waals surface area contributed by atoms with Gasteiger partial charge in [0.25, 0.3) is 5.19 Å². The van der Waals surface area contributed by atoms with Crippen LogP contribution < -0.4 is 10.1 Å². The summed E-state index contributed by atoms with van der Waals surface area (Å²) in [6, 6.07) is 14.4. The molecule has 0 saturated carbocycles. The maximum absolute atomic E-state index is 13.8. The molecule has 0 unspecified atom stereocenters. The fraction of sp³-hybridized carbons (Fsp3) is 0.391. The van der Waals surface area contributed by atoms with Crippen molar-refractivity contribution in [3.8, 4) is 10.9 Å². The van der Waals surface area contributed by atoms with Crippen molar-refractivity contribution in [3.05, 3.63) is 53.8 Å². The monoisotopic (exact) mass is 425 g/mol. The van der Waals surface area contributed by atoms with Gasteiger partial charge in [0.05, 0.1) is 4.70 Å². The first kappa shape index (κ1) is 19.5. The molecule has 2 saturated heterocycles. The van der Waals surface area contributed by atoms with E-state index in [1.807, 2.05) is 18.2 Å². The number of thiazole rings is 1. The Balaban J connectivity index is 1.23. The molecule has 5 rings (SSSR count). The molecule has 5 nitrogen and oxygen atoms in total. The lowest BCUT2D eigenvalue weighted by Crippen LogP contribution is -2.49. The van der Waals surface area contributed by atoms with Crippen LogP contribution in [0.1, 0.15) is 38.2 Å². The van der Waals surface area contributed by atoms with Crippen LogP contribution >= 0.6 is 11.3 Å². The minimum absolute atomic E-state index is 0.0688. The molecule has 2 atom stereocenters. The van der Waals surface area contributed by atoms with Crippen LogP contribution in [0.2, 0.25) is 0 Å². The number of benzene rings is 2. The molecule has 2 aromatic carbocycles. The van der Waals surface area contributed by atoms with E-state index in [2.05, 4.69) is 27.3 Å². The predicted octanol–water partition coefficient (Wildman–Crippen LogP) is 4.86. The highest BCUT2D eigenvalue weighted by Gasteiger charge is 2.40. The number of rotatable bonds is 5. The van der Waals surface area contributed by atoms with Crippen molar-refractivity contribution in [1.82, 2.24) is 15.2 Å². The van der Waals surface area contributed by atoms with Crippen molar-refractivity contribution in [1.29, 1.82) is 0 Å². The fourth-order valence-electron chi connectivity index (χ4n) is 4.85. The van der Waals surface area contributed by atoms with Crippen molar-refractivity contribution in [2.45, 2.75) is 57.3 Å². The molecule has 3 aromatic rings. The standard InChI is InChI=1S/C23H24FN3O2S/c1-14(28)25-16-11-17-7-8-18(12-16)27(17)13-15-5-9-19(10-6-15)29-23-26-22-20(24)3-2-4-21(22)30-23/h2-6,9-10,16-18H,7-8,11-13H2,1H3,(H,25,28)/t17-,18-/m1/s1. The van der Waals surface area contributed by atoms with Gasteiger partial charge in [-0.15, -0.1) is 0 Å². The maximum atomic E-state index is 13.8. The normalized spacial score (nSPS) is 23.6. The predicted molar refractivity (Wildman–Crippen MR) is 115 cm³/mol. The zero-order chi connectivity index (χ0) is 20.7. The van der Waals surface area contributed by atoms with Gasteiger partial charge < -0.3 is 10.1 Å². The Labute approximate surface area is 178 Å². The number of hydrogen-bond acceptors (Lipinski definition) is 5. The number of piperidine rings is 1. The third-order valence-corrected chi connectivity index (χ3v) is 7.03. The van der Waals surface area contributed by atoms with Gasteiger partial charge in [-0.1, -0.05) is 29.5 Å². The Hall–Kier alpha value is -2.51. The molecule has 0 aliphatic carbocycles. The van der Waals surface area contributed by atoms with E-state index < -0.39 is 0 Å². The number of nitrogens with zero attached hydrogens (tertiary/aromatic N) is 2. The van der Waals surface area contributed by atoms with Crippen molar-refractivity contribution in [2.24, 2.45) is 0 Å². The number of carbonyl (C=O) groups is 1. The van der Waals surface area contributed by atoms with E-state index >= 15 is 0 Å². The van der Waals surface area contributed by atoms with Gasteiger partial charge in [0.1, 0.15) is 17.1 Å². The second-order valence-corrected chi connectivity index (χ2v) is 9.23. The van der Waals surface area contributed by atoms with E-state index in [9.17, 15) is 9.18 Å². The molecular weight excluding hydrogens is 401 g/mol. The smallest absolute Gasteiger partial charge is 0.279 e. The van der Waals surface area contributed by atoms with E-state index in [0.29, 0.717) is 34.6 Å². The number of amides is 1. The summed E-state index contributed by atoms with van der Waals surface area (Å²) >= 11 is 1.34. The summed E-state index contributed by atoms with van der Waals surface area (Å²) < 4.78 is 20.5. The second-order valence-electron chi connectivity index (χ2n) is 8.24. The molecule has 1 N–H and O–H groups in total. The first-order chi connectivity index (χ1) is 14.5. The van der Waals surface area contributed by atoms with Gasteiger partial charge in [0, 0.05) is 31.6 Å². The Morgan fingerprint density at radius 1 is 1.20 bits per heavy atom. The molecule has 3 heterocycles. The number of ether oxygens (including phenoxy) is 1. The minimum Gasteiger partial charge on any atom is -0.431 e. The van der Waals surface area contributed by atoms with Gasteiger partial charge in [0.15, 0.2) is 0 Å². The lowest BCUT2D eigenvalue weighted by molar-refractivity contribution is -0.120. The van der Waals surface area contributed by atoms with Gasteiger partial charge in [-0.2, -0.15) is 4.98 Å². The van der Waals surface area contributed by atoms with Crippen molar-refractivity contribution < 1.29 is 13.9 Å². The van der Waals surface area contributed by atoms with Crippen molar-refractivity contribution in [3.63, 3.8) is 0 Å². The summed E-state index contributed by atoms with van der Waals surface area (Å²) in [7, 11) is 0. The number of halogens is 1. The maximum Gasteiger partial charge on any atom is 0.279 e. The summed E-state index contributed by atoms with van der Waals surface area (Å²) in [5, 5.41) is 3.55. The topological polar surface area (TPSA) is 54.5 Å². The van der Waals surface area contributed by atoms with E-state index in [4.69, 9.17) is 4.74 Å². The quantitative estimate of drug-likeness (QED) is 0.634. The number of fused-ring (bicyclic) bond motifs is 3. The third kappa shape index (κ3) is 3.91.